The summed E-state index contributed by atoms with van der Waals surface area (Å²) in [6, 6.07) is 5.17. The van der Waals surface area contributed by atoms with Gasteiger partial charge in [0.2, 0.25) is 11.9 Å². The number of amides is 1. The minimum atomic E-state index is -4.52. The first-order valence-electron chi connectivity index (χ1n) is 8.15. The molecular formula is C17H20Cl3F3N6O. The zero-order valence-electron chi connectivity index (χ0n) is 15.8. The predicted molar refractivity (Wildman–Crippen MR) is 115 cm³/mol. The van der Waals surface area contributed by atoms with Crippen LogP contribution < -0.4 is 10.6 Å². The summed E-state index contributed by atoms with van der Waals surface area (Å²) in [5, 5.41) is 9.50. The van der Waals surface area contributed by atoms with Crippen molar-refractivity contribution in [1.29, 1.82) is 0 Å². The van der Waals surface area contributed by atoms with E-state index in [9.17, 15) is 18.0 Å². The number of hydrogen-bond donors (Lipinski definition) is 2. The number of fused-ring (bicyclic) bond motifs is 1. The molecule has 3 aromatic rings. The van der Waals surface area contributed by atoms with Gasteiger partial charge < -0.3 is 5.32 Å². The number of carbonyl (C=O) groups excluding carboxylic acids is 1. The van der Waals surface area contributed by atoms with E-state index in [4.69, 9.17) is 0 Å². The molecule has 0 aliphatic rings. The molecule has 0 aliphatic carbocycles. The monoisotopic (exact) mass is 486 g/mol. The van der Waals surface area contributed by atoms with Gasteiger partial charge in [0.15, 0.2) is 5.65 Å². The fraction of sp³-hybridized carbons (Fsp3) is 0.294. The molecule has 2 N–H and O–H groups in total. The number of nitrogens with one attached hydrogen (secondary N) is 2. The average molecular weight is 488 g/mol. The van der Waals surface area contributed by atoms with Crippen LogP contribution in [0.3, 0.4) is 0 Å². The molecule has 1 amide bonds. The van der Waals surface area contributed by atoms with Crippen molar-refractivity contribution in [3.05, 3.63) is 47.8 Å². The van der Waals surface area contributed by atoms with Crippen LogP contribution in [0, 0.1) is 0 Å². The minimum Gasteiger partial charge on any atom is -0.368 e. The van der Waals surface area contributed by atoms with Gasteiger partial charge in [-0.25, -0.2) is 0 Å². The van der Waals surface area contributed by atoms with Crippen LogP contribution in [0.1, 0.15) is 25.0 Å². The highest BCUT2D eigenvalue weighted by Crippen LogP contribution is 2.32. The Kier molecular flexibility index (Phi) is 10.3. The van der Waals surface area contributed by atoms with Crippen LogP contribution in [-0.2, 0) is 17.4 Å². The van der Waals surface area contributed by atoms with E-state index < -0.39 is 17.6 Å². The Morgan fingerprint density at radius 2 is 1.90 bits per heavy atom. The molecule has 0 atom stereocenters. The number of pyridine rings is 2. The van der Waals surface area contributed by atoms with Gasteiger partial charge in [0.05, 0.1) is 12.0 Å². The fourth-order valence-corrected chi connectivity index (χ4v) is 2.46. The first-order chi connectivity index (χ1) is 12.7. The van der Waals surface area contributed by atoms with E-state index in [0.29, 0.717) is 5.56 Å². The molecule has 0 radical (unpaired) electrons. The minimum absolute atomic E-state index is 0. The van der Waals surface area contributed by atoms with E-state index in [1.165, 1.54) is 4.52 Å². The number of carbonyl (C=O) groups is 1. The van der Waals surface area contributed by atoms with Crippen LogP contribution >= 0.6 is 37.2 Å². The van der Waals surface area contributed by atoms with Gasteiger partial charge in [0, 0.05) is 18.4 Å². The van der Waals surface area contributed by atoms with Gasteiger partial charge >= 0.3 is 6.18 Å². The molecular weight excluding hydrogens is 468 g/mol. The number of aromatic nitrogens is 4. The van der Waals surface area contributed by atoms with E-state index in [2.05, 4.69) is 25.7 Å². The highest BCUT2D eigenvalue weighted by Gasteiger charge is 2.32. The maximum atomic E-state index is 13.1. The van der Waals surface area contributed by atoms with Gasteiger partial charge in [0.1, 0.15) is 5.82 Å². The molecule has 13 heteroatoms. The van der Waals surface area contributed by atoms with Gasteiger partial charge in [-0.1, -0.05) is 6.07 Å². The third kappa shape index (κ3) is 6.89. The topological polar surface area (TPSA) is 84.2 Å². The first kappa shape index (κ1) is 27.7. The van der Waals surface area contributed by atoms with E-state index >= 15 is 0 Å². The summed E-state index contributed by atoms with van der Waals surface area (Å²) in [5.74, 6) is -0.335. The average Bonchev–Trinajstić information content (AvgIpc) is 2.97. The fourth-order valence-electron chi connectivity index (χ4n) is 2.46. The summed E-state index contributed by atoms with van der Waals surface area (Å²) in [4.78, 5) is 20.0. The molecule has 7 nitrogen and oxygen atoms in total. The van der Waals surface area contributed by atoms with Crippen LogP contribution in [0.25, 0.3) is 5.65 Å². The molecule has 3 aromatic heterocycles. The predicted octanol–water partition coefficient (Wildman–Crippen LogP) is 4.41. The third-order valence-electron chi connectivity index (χ3n) is 3.54. The van der Waals surface area contributed by atoms with Crippen molar-refractivity contribution in [3.8, 4) is 0 Å². The van der Waals surface area contributed by atoms with Crippen molar-refractivity contribution in [2.75, 3.05) is 10.6 Å². The lowest BCUT2D eigenvalue weighted by molar-refractivity contribution is -0.137. The van der Waals surface area contributed by atoms with Crippen molar-refractivity contribution in [2.45, 2.75) is 32.5 Å². The number of anilines is 2. The molecule has 30 heavy (non-hydrogen) atoms. The standard InChI is InChI=1S/C17H17F3N6O.3ClH/c1-10(2)22-13-7-12(17(18,19)20)8-14-23-16(25-26(13)14)24-15(27)6-11-4-3-5-21-9-11;;;/h3-5,7-10,22H,6H2,1-2H3,(H,24,25,27);3*1H. The largest absolute Gasteiger partial charge is 0.416 e. The summed E-state index contributed by atoms with van der Waals surface area (Å²) in [6.07, 6.45) is -1.33. The van der Waals surface area contributed by atoms with Crippen LogP contribution in [-0.4, -0.2) is 31.5 Å². The summed E-state index contributed by atoms with van der Waals surface area (Å²) >= 11 is 0. The molecule has 0 aliphatic heterocycles. The number of rotatable bonds is 5. The SMILES string of the molecule is CC(C)Nc1cc(C(F)(F)F)cc2nc(NC(=O)Cc3cccnc3)nn12.Cl.Cl.Cl. The van der Waals surface area contributed by atoms with Gasteiger partial charge in [-0.2, -0.15) is 22.7 Å². The lowest BCUT2D eigenvalue weighted by Gasteiger charge is -2.14. The molecule has 0 bridgehead atoms. The summed E-state index contributed by atoms with van der Waals surface area (Å²) in [7, 11) is 0. The Labute approximate surface area is 189 Å². The molecule has 0 fully saturated rings. The Bertz CT molecular complexity index is 967. The number of nitrogens with zero attached hydrogens (tertiary/aromatic N) is 4. The smallest absolute Gasteiger partial charge is 0.368 e. The van der Waals surface area contributed by atoms with Crippen LogP contribution in [0.15, 0.2) is 36.7 Å². The van der Waals surface area contributed by atoms with Crippen molar-refractivity contribution in [2.24, 2.45) is 0 Å². The Morgan fingerprint density at radius 3 is 2.47 bits per heavy atom. The molecule has 166 valence electrons. The normalized spacial score (nSPS) is 10.6. The maximum absolute atomic E-state index is 13.1. The highest BCUT2D eigenvalue weighted by atomic mass is 35.5. The summed E-state index contributed by atoms with van der Waals surface area (Å²) < 4.78 is 40.6. The molecule has 0 saturated carbocycles. The second-order valence-corrected chi connectivity index (χ2v) is 6.22. The quantitative estimate of drug-likeness (QED) is 0.557. The number of halogens is 6. The third-order valence-corrected chi connectivity index (χ3v) is 3.54. The second kappa shape index (κ2) is 11.2. The van der Waals surface area contributed by atoms with Gasteiger partial charge in [-0.15, -0.1) is 42.3 Å². The van der Waals surface area contributed by atoms with E-state index in [0.717, 1.165) is 12.1 Å². The molecule has 3 heterocycles. The zero-order valence-corrected chi connectivity index (χ0v) is 18.3. The lowest BCUT2D eigenvalue weighted by Crippen LogP contribution is -2.16. The molecule has 0 aromatic carbocycles. The van der Waals surface area contributed by atoms with Crippen LogP contribution in [0.2, 0.25) is 0 Å². The van der Waals surface area contributed by atoms with Gasteiger partial charge in [-0.3, -0.25) is 15.1 Å². The maximum Gasteiger partial charge on any atom is 0.416 e. The summed E-state index contributed by atoms with van der Waals surface area (Å²) in [5.41, 5.74) is -0.177. The lowest BCUT2D eigenvalue weighted by atomic mass is 10.2. The highest BCUT2D eigenvalue weighted by molar-refractivity contribution is 5.90. The molecule has 3 rings (SSSR count). The zero-order chi connectivity index (χ0) is 19.6. The van der Waals surface area contributed by atoms with Crippen molar-refractivity contribution in [1.82, 2.24) is 19.6 Å². The van der Waals surface area contributed by atoms with Crippen molar-refractivity contribution in [3.63, 3.8) is 0 Å². The molecule has 0 unspecified atom stereocenters. The molecule has 0 spiro atoms. The Morgan fingerprint density at radius 1 is 1.20 bits per heavy atom. The number of hydrogen-bond acceptors (Lipinski definition) is 5. The van der Waals surface area contributed by atoms with Crippen LogP contribution in [0.5, 0.6) is 0 Å². The summed E-state index contributed by atoms with van der Waals surface area (Å²) in [6.45, 7) is 3.58. The van der Waals surface area contributed by atoms with Crippen molar-refractivity contribution < 1.29 is 18.0 Å². The Balaban J connectivity index is 0.00000280. The van der Waals surface area contributed by atoms with E-state index in [-0.39, 0.29) is 67.1 Å². The number of alkyl halides is 3. The molecule has 0 saturated heterocycles. The van der Waals surface area contributed by atoms with E-state index in [1.54, 1.807) is 38.4 Å². The first-order valence-corrected chi connectivity index (χ1v) is 8.15. The van der Waals surface area contributed by atoms with Crippen molar-refractivity contribution >= 4 is 60.5 Å². The van der Waals surface area contributed by atoms with E-state index in [1.807, 2.05) is 0 Å². The Hall–Kier alpha value is -2.30. The second-order valence-electron chi connectivity index (χ2n) is 6.22. The van der Waals surface area contributed by atoms with Crippen LogP contribution in [0.4, 0.5) is 24.9 Å². The van der Waals surface area contributed by atoms with Gasteiger partial charge in [0.25, 0.3) is 0 Å². The van der Waals surface area contributed by atoms with Gasteiger partial charge in [-0.05, 0) is 37.6 Å².